The third kappa shape index (κ3) is 3.79. The fourth-order valence-electron chi connectivity index (χ4n) is 3.85. The van der Waals surface area contributed by atoms with Gasteiger partial charge in [0.2, 0.25) is 5.91 Å². The number of nitro benzene ring substituents is 1. The van der Waals surface area contributed by atoms with Crippen LogP contribution in [0.3, 0.4) is 0 Å². The lowest BCUT2D eigenvalue weighted by Gasteiger charge is -2.44. The van der Waals surface area contributed by atoms with E-state index in [4.69, 9.17) is 9.84 Å². The molecule has 0 aromatic heterocycles. The summed E-state index contributed by atoms with van der Waals surface area (Å²) in [7, 11) is 0. The molecule has 0 bridgehead atoms. The number of hydrogen-bond donors (Lipinski definition) is 1. The van der Waals surface area contributed by atoms with Crippen LogP contribution in [-0.2, 0) is 20.9 Å². The van der Waals surface area contributed by atoms with E-state index in [-0.39, 0.29) is 42.0 Å². The van der Waals surface area contributed by atoms with Crippen LogP contribution in [0.2, 0.25) is 0 Å². The zero-order valence-corrected chi connectivity index (χ0v) is 15.8. The number of aliphatic hydroxyl groups is 1. The van der Waals surface area contributed by atoms with Crippen LogP contribution in [0.15, 0.2) is 24.3 Å². The highest BCUT2D eigenvalue weighted by Crippen LogP contribution is 2.45. The first-order valence-corrected chi connectivity index (χ1v) is 9.97. The lowest BCUT2D eigenvalue weighted by Crippen LogP contribution is -2.62. The standard InChI is InChI=1S/C18H22N2O6S/c1-2-27-15-9-14-13(7-8-21)17(22)19(14)16(15)18(23)26-10-11-3-5-12(6-4-11)20(24)25/h3-6,13-16,21H,2,7-10H2,1H3/t13-,14?,15?,16?/m1/s1. The Kier molecular flexibility index (Phi) is 6.01. The summed E-state index contributed by atoms with van der Waals surface area (Å²) in [6, 6.07) is 5.21. The minimum atomic E-state index is -0.611. The van der Waals surface area contributed by atoms with E-state index in [0.29, 0.717) is 12.0 Å². The van der Waals surface area contributed by atoms with Crippen LogP contribution in [0.1, 0.15) is 25.3 Å². The highest BCUT2D eigenvalue weighted by Gasteiger charge is 2.59. The summed E-state index contributed by atoms with van der Waals surface area (Å²) in [6.45, 7) is 1.97. The van der Waals surface area contributed by atoms with Crippen molar-refractivity contribution in [2.24, 2.45) is 5.92 Å². The number of β-lactam (4-membered cyclic amide) rings is 1. The number of thioether (sulfide) groups is 1. The summed E-state index contributed by atoms with van der Waals surface area (Å²) in [4.78, 5) is 36.9. The molecule has 2 fully saturated rings. The first kappa shape index (κ1) is 19.6. The maximum absolute atomic E-state index is 12.7. The molecule has 1 aromatic carbocycles. The van der Waals surface area contributed by atoms with E-state index < -0.39 is 16.9 Å². The molecular weight excluding hydrogens is 372 g/mol. The average molecular weight is 394 g/mol. The molecule has 27 heavy (non-hydrogen) atoms. The van der Waals surface area contributed by atoms with E-state index in [1.54, 1.807) is 28.8 Å². The molecule has 8 nitrogen and oxygen atoms in total. The summed E-state index contributed by atoms with van der Waals surface area (Å²) in [5, 5.41) is 19.8. The van der Waals surface area contributed by atoms with Crippen LogP contribution in [-0.4, -0.2) is 56.5 Å². The van der Waals surface area contributed by atoms with Gasteiger partial charge in [-0.2, -0.15) is 11.8 Å². The van der Waals surface area contributed by atoms with Gasteiger partial charge in [0.05, 0.1) is 10.8 Å². The van der Waals surface area contributed by atoms with Crippen molar-refractivity contribution < 1.29 is 24.4 Å². The van der Waals surface area contributed by atoms with Gasteiger partial charge in [0.1, 0.15) is 12.6 Å². The fraction of sp³-hybridized carbons (Fsp3) is 0.556. The fourth-order valence-corrected chi connectivity index (χ4v) is 5.03. The summed E-state index contributed by atoms with van der Waals surface area (Å²) in [6.07, 6.45) is 1.15. The number of amides is 1. The van der Waals surface area contributed by atoms with E-state index in [9.17, 15) is 19.7 Å². The second-order valence-electron chi connectivity index (χ2n) is 6.64. The van der Waals surface area contributed by atoms with Crippen LogP contribution in [0, 0.1) is 16.0 Å². The minimum Gasteiger partial charge on any atom is -0.459 e. The molecule has 0 saturated carbocycles. The molecule has 1 aromatic rings. The maximum Gasteiger partial charge on any atom is 0.330 e. The number of non-ortho nitro benzene ring substituents is 1. The van der Waals surface area contributed by atoms with Crippen LogP contribution in [0.25, 0.3) is 0 Å². The Hall–Kier alpha value is -2.13. The Balaban J connectivity index is 1.65. The monoisotopic (exact) mass is 394 g/mol. The number of benzene rings is 1. The van der Waals surface area contributed by atoms with Crippen molar-refractivity contribution in [1.29, 1.82) is 0 Å². The highest BCUT2D eigenvalue weighted by atomic mass is 32.2. The topological polar surface area (TPSA) is 110 Å². The number of fused-ring (bicyclic) bond motifs is 1. The summed E-state index contributed by atoms with van der Waals surface area (Å²) in [5.74, 6) is 0.0847. The molecule has 4 atom stereocenters. The van der Waals surface area contributed by atoms with Crippen molar-refractivity contribution in [3.63, 3.8) is 0 Å². The summed E-state index contributed by atoms with van der Waals surface area (Å²) < 4.78 is 5.42. The third-order valence-corrected chi connectivity index (χ3v) is 6.32. The number of nitro groups is 1. The van der Waals surface area contributed by atoms with E-state index in [1.807, 2.05) is 6.92 Å². The average Bonchev–Trinajstić information content (AvgIpc) is 3.00. The van der Waals surface area contributed by atoms with Gasteiger partial charge in [0, 0.05) is 30.0 Å². The van der Waals surface area contributed by atoms with Gasteiger partial charge in [-0.15, -0.1) is 0 Å². The van der Waals surface area contributed by atoms with Crippen molar-refractivity contribution in [1.82, 2.24) is 4.90 Å². The Bertz CT molecular complexity index is 725. The molecule has 3 rings (SSSR count). The molecule has 1 N–H and O–H groups in total. The molecule has 2 aliphatic rings. The molecule has 2 saturated heterocycles. The molecule has 0 spiro atoms. The van der Waals surface area contributed by atoms with Gasteiger partial charge in [-0.05, 0) is 36.3 Å². The highest BCUT2D eigenvalue weighted by molar-refractivity contribution is 7.99. The van der Waals surface area contributed by atoms with E-state index in [0.717, 1.165) is 12.2 Å². The van der Waals surface area contributed by atoms with Gasteiger partial charge < -0.3 is 14.7 Å². The largest absolute Gasteiger partial charge is 0.459 e. The van der Waals surface area contributed by atoms with Crippen LogP contribution in [0.5, 0.6) is 0 Å². The maximum atomic E-state index is 12.7. The Morgan fingerprint density at radius 1 is 1.41 bits per heavy atom. The normalized spacial score (nSPS) is 26.4. The first-order valence-electron chi connectivity index (χ1n) is 8.92. The first-order chi connectivity index (χ1) is 13.0. The van der Waals surface area contributed by atoms with Crippen molar-refractivity contribution in [3.8, 4) is 0 Å². The van der Waals surface area contributed by atoms with Crippen LogP contribution >= 0.6 is 11.8 Å². The number of nitrogens with zero attached hydrogens (tertiary/aromatic N) is 2. The third-order valence-electron chi connectivity index (χ3n) is 5.11. The number of rotatable bonds is 8. The number of esters is 1. The second kappa shape index (κ2) is 8.26. The molecule has 0 aliphatic carbocycles. The van der Waals surface area contributed by atoms with Gasteiger partial charge in [-0.25, -0.2) is 4.79 Å². The Morgan fingerprint density at radius 3 is 2.70 bits per heavy atom. The molecular formula is C18H22N2O6S. The zero-order valence-electron chi connectivity index (χ0n) is 14.9. The molecule has 146 valence electrons. The summed E-state index contributed by atoms with van der Waals surface area (Å²) in [5.41, 5.74) is 0.625. The van der Waals surface area contributed by atoms with E-state index in [2.05, 4.69) is 0 Å². The predicted octanol–water partition coefficient (Wildman–Crippen LogP) is 1.74. The molecule has 2 heterocycles. The lowest BCUT2D eigenvalue weighted by atomic mass is 9.85. The smallest absolute Gasteiger partial charge is 0.330 e. The predicted molar refractivity (Wildman–Crippen MR) is 99.0 cm³/mol. The van der Waals surface area contributed by atoms with E-state index in [1.165, 1.54) is 12.1 Å². The van der Waals surface area contributed by atoms with Gasteiger partial charge in [0.15, 0.2) is 0 Å². The van der Waals surface area contributed by atoms with Crippen molar-refractivity contribution in [2.45, 2.75) is 43.7 Å². The molecule has 1 amide bonds. The van der Waals surface area contributed by atoms with Crippen LogP contribution in [0.4, 0.5) is 5.69 Å². The molecule has 3 unspecified atom stereocenters. The lowest BCUT2D eigenvalue weighted by molar-refractivity contribution is -0.384. The number of ether oxygens (including phenoxy) is 1. The molecule has 9 heteroatoms. The summed E-state index contributed by atoms with van der Waals surface area (Å²) >= 11 is 1.64. The number of carbonyl (C=O) groups is 2. The quantitative estimate of drug-likeness (QED) is 0.309. The number of aliphatic hydroxyl groups excluding tert-OH is 1. The molecule has 0 radical (unpaired) electrons. The van der Waals surface area contributed by atoms with Crippen molar-refractivity contribution in [3.05, 3.63) is 39.9 Å². The van der Waals surface area contributed by atoms with E-state index >= 15 is 0 Å². The Labute approximate surface area is 161 Å². The van der Waals surface area contributed by atoms with Gasteiger partial charge >= 0.3 is 5.97 Å². The zero-order chi connectivity index (χ0) is 19.6. The van der Waals surface area contributed by atoms with Crippen LogP contribution < -0.4 is 0 Å². The van der Waals surface area contributed by atoms with Crippen molar-refractivity contribution in [2.75, 3.05) is 12.4 Å². The Morgan fingerprint density at radius 2 is 2.11 bits per heavy atom. The van der Waals surface area contributed by atoms with Gasteiger partial charge in [-0.3, -0.25) is 14.9 Å². The number of hydrogen-bond acceptors (Lipinski definition) is 7. The minimum absolute atomic E-state index is 0.00358. The molecule has 2 aliphatic heterocycles. The van der Waals surface area contributed by atoms with Gasteiger partial charge in [0.25, 0.3) is 5.69 Å². The SMILES string of the molecule is CCSC1CC2[C@@H](CCO)C(=O)N2C1C(=O)OCc1ccc([N+](=O)[O-])cc1. The second-order valence-corrected chi connectivity index (χ2v) is 8.15. The van der Waals surface area contributed by atoms with Gasteiger partial charge in [-0.1, -0.05) is 6.92 Å². The number of carbonyl (C=O) groups excluding carboxylic acids is 2. The van der Waals surface area contributed by atoms with Crippen molar-refractivity contribution >= 4 is 29.3 Å².